The monoisotopic (exact) mass is 271 g/mol. The second kappa shape index (κ2) is 6.24. The predicted molar refractivity (Wildman–Crippen MR) is 72.3 cm³/mol. The van der Waals surface area contributed by atoms with E-state index in [4.69, 9.17) is 0 Å². The van der Waals surface area contributed by atoms with Gasteiger partial charge < -0.3 is 5.32 Å². The minimum absolute atomic E-state index is 0.0129. The Labute approximate surface area is 109 Å². The average molecular weight is 271 g/mol. The molecule has 0 saturated heterocycles. The number of rotatable bonds is 6. The molecule has 0 aromatic carbocycles. The summed E-state index contributed by atoms with van der Waals surface area (Å²) in [6.07, 6.45) is 1.82. The molecule has 1 aromatic rings. The van der Waals surface area contributed by atoms with Crippen molar-refractivity contribution in [1.29, 1.82) is 0 Å². The van der Waals surface area contributed by atoms with Crippen molar-refractivity contribution >= 4 is 9.84 Å². The fraction of sp³-hybridized carbons (Fsp3) is 0.667. The summed E-state index contributed by atoms with van der Waals surface area (Å²) in [4.78, 5) is 0. The molecule has 0 aliphatic heterocycles. The largest absolute Gasteiger partial charge is 0.310 e. The lowest BCUT2D eigenvalue weighted by Gasteiger charge is -2.19. The van der Waals surface area contributed by atoms with Gasteiger partial charge in [-0.05, 0) is 38.4 Å². The van der Waals surface area contributed by atoms with Gasteiger partial charge in [0.2, 0.25) is 0 Å². The van der Waals surface area contributed by atoms with Crippen molar-refractivity contribution in [3.63, 3.8) is 0 Å². The molecule has 0 radical (unpaired) electrons. The Kier molecular flexibility index (Phi) is 5.22. The van der Waals surface area contributed by atoms with Crippen molar-refractivity contribution in [1.82, 2.24) is 15.5 Å². The third-order valence-corrected chi connectivity index (χ3v) is 3.72. The van der Waals surface area contributed by atoms with Gasteiger partial charge >= 0.3 is 0 Å². The molecule has 0 spiro atoms. The summed E-state index contributed by atoms with van der Waals surface area (Å²) in [5.41, 5.74) is 2.73. The molecule has 1 unspecified atom stereocenters. The molecule has 102 valence electrons. The van der Waals surface area contributed by atoms with Crippen molar-refractivity contribution < 1.29 is 8.42 Å². The van der Waals surface area contributed by atoms with Crippen molar-refractivity contribution in [3.05, 3.63) is 23.0 Å². The van der Waals surface area contributed by atoms with E-state index >= 15 is 0 Å². The molecule has 6 heteroatoms. The van der Waals surface area contributed by atoms with Gasteiger partial charge in [0.15, 0.2) is 0 Å². The molecule has 1 aromatic heterocycles. The molecule has 0 fully saturated rings. The Balaban J connectivity index is 2.93. The normalized spacial score (nSPS) is 13.6. The van der Waals surface area contributed by atoms with Gasteiger partial charge in [-0.2, -0.15) is 10.2 Å². The fourth-order valence-electron chi connectivity index (χ4n) is 1.87. The van der Waals surface area contributed by atoms with E-state index in [2.05, 4.69) is 15.5 Å². The highest BCUT2D eigenvalue weighted by Gasteiger charge is 2.16. The molecule has 1 heterocycles. The van der Waals surface area contributed by atoms with Crippen LogP contribution in [0.15, 0.2) is 6.07 Å². The van der Waals surface area contributed by atoms with E-state index < -0.39 is 9.84 Å². The number of aryl methyl sites for hydroxylation is 2. The summed E-state index contributed by atoms with van der Waals surface area (Å²) in [5, 5.41) is 11.4. The number of sulfone groups is 1. The highest BCUT2D eigenvalue weighted by molar-refractivity contribution is 7.90. The molecule has 5 nitrogen and oxygen atoms in total. The third kappa shape index (κ3) is 4.70. The van der Waals surface area contributed by atoms with E-state index in [1.54, 1.807) is 0 Å². The predicted octanol–water partition coefficient (Wildman–Crippen LogP) is 1.18. The first-order valence-electron chi connectivity index (χ1n) is 6.05. The van der Waals surface area contributed by atoms with Crippen molar-refractivity contribution in [2.24, 2.45) is 0 Å². The minimum atomic E-state index is -2.94. The lowest BCUT2D eigenvalue weighted by atomic mass is 10.0. The quantitative estimate of drug-likeness (QED) is 0.841. The van der Waals surface area contributed by atoms with Crippen LogP contribution in [0.25, 0.3) is 0 Å². The van der Waals surface area contributed by atoms with Gasteiger partial charge in [-0.15, -0.1) is 0 Å². The van der Waals surface area contributed by atoms with Crippen LogP contribution < -0.4 is 5.32 Å². The van der Waals surface area contributed by atoms with E-state index in [0.717, 1.165) is 23.5 Å². The zero-order chi connectivity index (χ0) is 13.8. The van der Waals surface area contributed by atoms with Gasteiger partial charge in [0.1, 0.15) is 9.84 Å². The van der Waals surface area contributed by atoms with Crippen LogP contribution in [-0.4, -0.2) is 37.2 Å². The third-order valence-electron chi connectivity index (χ3n) is 2.74. The summed E-state index contributed by atoms with van der Waals surface area (Å²) >= 11 is 0. The highest BCUT2D eigenvalue weighted by atomic mass is 32.2. The van der Waals surface area contributed by atoms with E-state index in [0.29, 0.717) is 6.42 Å². The highest BCUT2D eigenvalue weighted by Crippen LogP contribution is 2.20. The van der Waals surface area contributed by atoms with Gasteiger partial charge in [0, 0.05) is 12.3 Å². The number of hydrogen-bond acceptors (Lipinski definition) is 5. The van der Waals surface area contributed by atoms with Crippen LogP contribution in [0, 0.1) is 13.8 Å². The Morgan fingerprint density at radius 2 is 2.00 bits per heavy atom. The summed E-state index contributed by atoms with van der Waals surface area (Å²) in [5.74, 6) is 0.172. The van der Waals surface area contributed by atoms with E-state index in [1.165, 1.54) is 6.26 Å². The second-order valence-corrected chi connectivity index (χ2v) is 6.82. The Bertz CT molecular complexity index is 500. The van der Waals surface area contributed by atoms with Crippen LogP contribution in [0.5, 0.6) is 0 Å². The Morgan fingerprint density at radius 1 is 1.33 bits per heavy atom. The molecule has 1 atom stereocenters. The molecule has 0 aliphatic rings. The first-order valence-corrected chi connectivity index (χ1v) is 8.11. The minimum Gasteiger partial charge on any atom is -0.310 e. The van der Waals surface area contributed by atoms with Gasteiger partial charge in [0.05, 0.1) is 17.1 Å². The molecule has 0 saturated carbocycles. The molecule has 1 rings (SSSR count). The van der Waals surface area contributed by atoms with Crippen LogP contribution in [0.2, 0.25) is 0 Å². The number of hydrogen-bond donors (Lipinski definition) is 1. The Morgan fingerprint density at radius 3 is 2.56 bits per heavy atom. The molecule has 0 amide bonds. The van der Waals surface area contributed by atoms with Crippen LogP contribution in [-0.2, 0) is 9.84 Å². The molecule has 18 heavy (non-hydrogen) atoms. The van der Waals surface area contributed by atoms with Crippen molar-refractivity contribution in [2.75, 3.05) is 18.6 Å². The molecular formula is C12H21N3O2S. The topological polar surface area (TPSA) is 72.0 Å². The van der Waals surface area contributed by atoms with Crippen LogP contribution in [0.4, 0.5) is 0 Å². The molecular weight excluding hydrogens is 250 g/mol. The average Bonchev–Trinajstić information content (AvgIpc) is 2.26. The van der Waals surface area contributed by atoms with E-state index in [-0.39, 0.29) is 11.8 Å². The van der Waals surface area contributed by atoms with Crippen LogP contribution in [0.3, 0.4) is 0 Å². The lowest BCUT2D eigenvalue weighted by molar-refractivity contribution is 0.524. The second-order valence-electron chi connectivity index (χ2n) is 4.56. The summed E-state index contributed by atoms with van der Waals surface area (Å²) in [6, 6.07) is 1.98. The number of aromatic nitrogens is 2. The SMILES string of the molecule is CCNC(CCS(C)(=O)=O)c1cc(C)nnc1C. The maximum Gasteiger partial charge on any atom is 0.147 e. The zero-order valence-corrected chi connectivity index (χ0v) is 12.2. The lowest BCUT2D eigenvalue weighted by Crippen LogP contribution is -2.24. The van der Waals surface area contributed by atoms with Gasteiger partial charge in [-0.3, -0.25) is 0 Å². The maximum atomic E-state index is 11.3. The van der Waals surface area contributed by atoms with Crippen LogP contribution >= 0.6 is 0 Å². The van der Waals surface area contributed by atoms with Gasteiger partial charge in [-0.1, -0.05) is 6.92 Å². The van der Waals surface area contributed by atoms with Crippen LogP contribution in [0.1, 0.15) is 36.3 Å². The standard InChI is InChI=1S/C12H21N3O2S/c1-5-13-12(6-7-18(4,16)17)11-8-9(2)14-15-10(11)3/h8,12-13H,5-7H2,1-4H3. The number of nitrogens with one attached hydrogen (secondary N) is 1. The maximum absolute atomic E-state index is 11.3. The van der Waals surface area contributed by atoms with Gasteiger partial charge in [0.25, 0.3) is 0 Å². The first kappa shape index (κ1) is 15.0. The molecule has 0 bridgehead atoms. The van der Waals surface area contributed by atoms with Crippen molar-refractivity contribution in [3.8, 4) is 0 Å². The van der Waals surface area contributed by atoms with E-state index in [9.17, 15) is 8.42 Å². The smallest absolute Gasteiger partial charge is 0.147 e. The molecule has 0 aliphatic carbocycles. The number of nitrogens with zero attached hydrogens (tertiary/aromatic N) is 2. The van der Waals surface area contributed by atoms with E-state index in [1.807, 2.05) is 26.8 Å². The Hall–Kier alpha value is -1.01. The summed E-state index contributed by atoms with van der Waals surface area (Å²) < 4.78 is 22.5. The summed E-state index contributed by atoms with van der Waals surface area (Å²) in [7, 11) is -2.94. The summed E-state index contributed by atoms with van der Waals surface area (Å²) in [6.45, 7) is 6.57. The van der Waals surface area contributed by atoms with Gasteiger partial charge in [-0.25, -0.2) is 8.42 Å². The fourth-order valence-corrected chi connectivity index (χ4v) is 2.53. The zero-order valence-electron chi connectivity index (χ0n) is 11.4. The molecule has 1 N–H and O–H groups in total. The van der Waals surface area contributed by atoms with Crippen molar-refractivity contribution in [2.45, 2.75) is 33.2 Å². The first-order chi connectivity index (χ1) is 8.33.